The van der Waals surface area contributed by atoms with Gasteiger partial charge in [0.2, 0.25) is 23.6 Å². The van der Waals surface area contributed by atoms with Gasteiger partial charge >= 0.3 is 0 Å². The van der Waals surface area contributed by atoms with E-state index < -0.39 is 24.2 Å². The maximum absolute atomic E-state index is 13.2. The number of rotatable bonds is 10. The largest absolute Gasteiger partial charge is 0.329 e. The fraction of sp³-hybridized carbons (Fsp3) is 0.286. The van der Waals surface area contributed by atoms with Crippen LogP contribution in [0.4, 0.5) is 11.4 Å². The lowest BCUT2D eigenvalue weighted by Crippen LogP contribution is -2.50. The molecule has 4 atom stereocenters. The predicted octanol–water partition coefficient (Wildman–Crippen LogP) is 4.09. The molecule has 266 valence electrons. The monoisotopic (exact) mass is 696 g/mol. The minimum Gasteiger partial charge on any atom is -0.329 e. The first-order valence-corrected chi connectivity index (χ1v) is 17.8. The van der Waals surface area contributed by atoms with Crippen molar-refractivity contribution in [3.8, 4) is 11.8 Å². The van der Waals surface area contributed by atoms with E-state index in [9.17, 15) is 19.2 Å². The van der Waals surface area contributed by atoms with Gasteiger partial charge in [0.1, 0.15) is 12.1 Å². The summed E-state index contributed by atoms with van der Waals surface area (Å²) in [6.45, 7) is 1.01. The van der Waals surface area contributed by atoms with Gasteiger partial charge in [-0.25, -0.2) is 0 Å². The van der Waals surface area contributed by atoms with Crippen LogP contribution < -0.4 is 22.1 Å². The zero-order valence-electron chi connectivity index (χ0n) is 29.0. The summed E-state index contributed by atoms with van der Waals surface area (Å²) in [6.07, 6.45) is 3.50. The molecule has 2 heterocycles. The number of hydrogen-bond acceptors (Lipinski definition) is 6. The summed E-state index contributed by atoms with van der Waals surface area (Å²) in [4.78, 5) is 55.9. The Bertz CT molecular complexity index is 1780. The van der Waals surface area contributed by atoms with Gasteiger partial charge in [-0.05, 0) is 98.2 Å². The van der Waals surface area contributed by atoms with Crippen LogP contribution >= 0.6 is 0 Å². The Morgan fingerprint density at radius 1 is 0.577 bits per heavy atom. The van der Waals surface area contributed by atoms with Gasteiger partial charge in [0.05, 0.1) is 12.1 Å². The van der Waals surface area contributed by atoms with Crippen LogP contribution in [0.5, 0.6) is 0 Å². The van der Waals surface area contributed by atoms with E-state index in [4.69, 9.17) is 11.5 Å². The lowest BCUT2D eigenvalue weighted by atomic mass is 10.1. The van der Waals surface area contributed by atoms with E-state index in [1.54, 1.807) is 34.1 Å². The molecule has 10 nitrogen and oxygen atoms in total. The Kier molecular flexibility index (Phi) is 11.8. The Morgan fingerprint density at radius 3 is 1.31 bits per heavy atom. The molecule has 0 spiro atoms. The van der Waals surface area contributed by atoms with Crippen LogP contribution in [0, 0.1) is 11.8 Å². The van der Waals surface area contributed by atoms with Gasteiger partial charge in [0, 0.05) is 35.6 Å². The lowest BCUT2D eigenvalue weighted by Gasteiger charge is -2.26. The number of anilines is 2. The fourth-order valence-electron chi connectivity index (χ4n) is 6.81. The topological polar surface area (TPSA) is 151 Å². The number of nitrogens with one attached hydrogen (secondary N) is 2. The molecule has 6 N–H and O–H groups in total. The van der Waals surface area contributed by atoms with Crippen LogP contribution in [0.15, 0.2) is 109 Å². The number of likely N-dealkylation sites (tertiary alicyclic amines) is 2. The lowest BCUT2D eigenvalue weighted by molar-refractivity contribution is -0.137. The van der Waals surface area contributed by atoms with E-state index in [-0.39, 0.29) is 23.6 Å². The summed E-state index contributed by atoms with van der Waals surface area (Å²) >= 11 is 0. The van der Waals surface area contributed by atoms with Crippen molar-refractivity contribution in [1.29, 1.82) is 0 Å². The third kappa shape index (κ3) is 9.12. The molecule has 4 aromatic rings. The van der Waals surface area contributed by atoms with Gasteiger partial charge in [0.25, 0.3) is 0 Å². The molecule has 0 radical (unpaired) electrons. The summed E-state index contributed by atoms with van der Waals surface area (Å²) in [7, 11) is 0. The summed E-state index contributed by atoms with van der Waals surface area (Å²) < 4.78 is 0. The molecule has 0 unspecified atom stereocenters. The highest BCUT2D eigenvalue weighted by atomic mass is 16.2. The molecule has 2 saturated heterocycles. The molecule has 0 aromatic heterocycles. The minimum atomic E-state index is -0.709. The highest BCUT2D eigenvalue weighted by Crippen LogP contribution is 2.23. The van der Waals surface area contributed by atoms with Crippen LogP contribution in [0.2, 0.25) is 0 Å². The van der Waals surface area contributed by atoms with E-state index >= 15 is 0 Å². The Balaban J connectivity index is 0.988. The molecule has 52 heavy (non-hydrogen) atoms. The third-order valence-corrected chi connectivity index (χ3v) is 9.56. The molecule has 4 amide bonds. The number of benzene rings is 4. The van der Waals surface area contributed by atoms with Gasteiger partial charge in [-0.3, -0.25) is 19.2 Å². The number of carbonyl (C=O) groups is 4. The second kappa shape index (κ2) is 17.0. The summed E-state index contributed by atoms with van der Waals surface area (Å²) in [5.74, 6) is 5.36. The molecule has 10 heteroatoms. The summed E-state index contributed by atoms with van der Waals surface area (Å²) in [6, 6.07) is 31.1. The maximum atomic E-state index is 13.2. The summed E-state index contributed by atoms with van der Waals surface area (Å²) in [5, 5.41) is 5.88. The van der Waals surface area contributed by atoms with E-state index in [0.29, 0.717) is 50.1 Å². The first-order chi connectivity index (χ1) is 25.2. The predicted molar refractivity (Wildman–Crippen MR) is 202 cm³/mol. The molecule has 0 saturated carbocycles. The van der Waals surface area contributed by atoms with E-state index in [0.717, 1.165) is 35.1 Å². The molecule has 4 aromatic carbocycles. The molecule has 2 aliphatic rings. The van der Waals surface area contributed by atoms with Gasteiger partial charge in [-0.1, -0.05) is 72.5 Å². The quantitative estimate of drug-likeness (QED) is 0.184. The van der Waals surface area contributed by atoms with E-state index in [2.05, 4.69) is 22.5 Å². The van der Waals surface area contributed by atoms with Crippen molar-refractivity contribution in [3.63, 3.8) is 0 Å². The molecule has 6 rings (SSSR count). The van der Waals surface area contributed by atoms with Crippen LogP contribution in [0.25, 0.3) is 0 Å². The molecule has 2 aliphatic heterocycles. The van der Waals surface area contributed by atoms with E-state index in [1.807, 2.05) is 84.9 Å². The number of nitrogens with zero attached hydrogens (tertiary/aromatic N) is 2. The second-order valence-electron chi connectivity index (χ2n) is 13.4. The second-order valence-corrected chi connectivity index (χ2v) is 13.4. The number of amides is 4. The van der Waals surface area contributed by atoms with Crippen molar-refractivity contribution < 1.29 is 19.2 Å². The van der Waals surface area contributed by atoms with Gasteiger partial charge in [-0.2, -0.15) is 0 Å². The Hall–Kier alpha value is -5.76. The average Bonchev–Trinajstić information content (AvgIpc) is 3.87. The normalized spacial score (nSPS) is 17.8. The number of nitrogens with two attached hydrogens (primary N) is 2. The highest BCUT2D eigenvalue weighted by Gasteiger charge is 2.37. The Labute approximate surface area is 304 Å². The standard InChI is InChI=1S/C42H44N6O4/c43-35(27-31-9-3-1-4-10-31)41(51)47-25-7-13-37(47)39(49)45-33-21-17-29(18-22-33)15-16-30-19-23-34(24-20-30)46-40(50)38-14-8-26-48(38)42(52)36(44)28-32-11-5-2-6-12-32/h1-6,9-12,17-24,35-38H,7-8,13-14,25-28,43-44H2,(H,45,49)(H,46,50)/t35-,36-,37+,38+/m1/s1. The van der Waals surface area contributed by atoms with Crippen LogP contribution in [-0.4, -0.2) is 70.7 Å². The molecular weight excluding hydrogens is 652 g/mol. The van der Waals surface area contributed by atoms with Crippen molar-refractivity contribution >= 4 is 35.0 Å². The maximum Gasteiger partial charge on any atom is 0.247 e. The zero-order valence-corrected chi connectivity index (χ0v) is 29.0. The van der Waals surface area contributed by atoms with Crippen molar-refractivity contribution in [2.75, 3.05) is 23.7 Å². The van der Waals surface area contributed by atoms with Crippen molar-refractivity contribution in [2.45, 2.75) is 62.7 Å². The molecular formula is C42H44N6O4. The smallest absolute Gasteiger partial charge is 0.247 e. The van der Waals surface area contributed by atoms with Crippen LogP contribution in [-0.2, 0) is 32.0 Å². The first kappa shape index (κ1) is 36.0. The first-order valence-electron chi connectivity index (χ1n) is 17.8. The van der Waals surface area contributed by atoms with Crippen molar-refractivity contribution in [3.05, 3.63) is 131 Å². The van der Waals surface area contributed by atoms with Crippen molar-refractivity contribution in [2.24, 2.45) is 11.5 Å². The van der Waals surface area contributed by atoms with Crippen molar-refractivity contribution in [1.82, 2.24) is 9.80 Å². The van der Waals surface area contributed by atoms with Crippen LogP contribution in [0.3, 0.4) is 0 Å². The zero-order chi connectivity index (χ0) is 36.5. The molecule has 2 fully saturated rings. The van der Waals surface area contributed by atoms with Gasteiger partial charge < -0.3 is 31.9 Å². The van der Waals surface area contributed by atoms with E-state index in [1.165, 1.54) is 0 Å². The molecule has 0 aliphatic carbocycles. The molecule has 0 bridgehead atoms. The highest BCUT2D eigenvalue weighted by molar-refractivity contribution is 5.99. The van der Waals surface area contributed by atoms with Crippen LogP contribution in [0.1, 0.15) is 47.9 Å². The number of hydrogen-bond donors (Lipinski definition) is 4. The third-order valence-electron chi connectivity index (χ3n) is 9.56. The summed E-state index contributed by atoms with van der Waals surface area (Å²) in [5.41, 5.74) is 17.2. The fourth-order valence-corrected chi connectivity index (χ4v) is 6.81. The minimum absolute atomic E-state index is 0.213. The number of carbonyl (C=O) groups excluding carboxylic acids is 4. The SMILES string of the molecule is N[C@H](Cc1ccccc1)C(=O)N1CCC[C@H]1C(=O)Nc1ccc(C#Cc2ccc(NC(=O)[C@@H]3CCCN3C(=O)[C@H](N)Cc3ccccc3)cc2)cc1. The average molecular weight is 697 g/mol. The Morgan fingerprint density at radius 2 is 0.942 bits per heavy atom. The van der Waals surface area contributed by atoms with Gasteiger partial charge in [-0.15, -0.1) is 0 Å². The van der Waals surface area contributed by atoms with Gasteiger partial charge in [0.15, 0.2) is 0 Å².